The van der Waals surface area contributed by atoms with Crippen LogP contribution in [0.15, 0.2) is 47.1 Å². The standard InChI is InChI=1S/C13H11BrFNO3/c1-8-10(15)2-3-11(14)16-12(17)19-6-9-4-5-18-7-13(8,9)16/h2-5,9H,1,6-7H2/t9-,13+/m0/s1. The van der Waals surface area contributed by atoms with E-state index in [0.29, 0.717) is 4.61 Å². The maximum Gasteiger partial charge on any atom is 0.415 e. The molecule has 1 fully saturated rings. The number of halogens is 2. The summed E-state index contributed by atoms with van der Waals surface area (Å²) in [6.07, 6.45) is 5.53. The first kappa shape index (κ1) is 12.5. The highest BCUT2D eigenvalue weighted by Gasteiger charge is 2.56. The lowest BCUT2D eigenvalue weighted by molar-refractivity contribution is -0.0328. The Hall–Kier alpha value is -1.56. The summed E-state index contributed by atoms with van der Waals surface area (Å²) in [5.74, 6) is -0.664. The van der Waals surface area contributed by atoms with Gasteiger partial charge in [0.25, 0.3) is 0 Å². The Balaban J connectivity index is 2.22. The van der Waals surface area contributed by atoms with E-state index in [2.05, 4.69) is 22.5 Å². The Morgan fingerprint density at radius 1 is 1.53 bits per heavy atom. The van der Waals surface area contributed by atoms with E-state index >= 15 is 0 Å². The predicted molar refractivity (Wildman–Crippen MR) is 69.8 cm³/mol. The van der Waals surface area contributed by atoms with Crippen molar-refractivity contribution in [3.8, 4) is 0 Å². The molecule has 2 atom stereocenters. The Bertz CT molecular complexity index is 554. The van der Waals surface area contributed by atoms with E-state index in [-0.39, 0.29) is 24.7 Å². The maximum absolute atomic E-state index is 14.1. The van der Waals surface area contributed by atoms with Crippen LogP contribution in [0.1, 0.15) is 0 Å². The van der Waals surface area contributed by atoms with Crippen LogP contribution in [0.2, 0.25) is 0 Å². The van der Waals surface area contributed by atoms with Gasteiger partial charge in [-0.1, -0.05) is 6.58 Å². The summed E-state index contributed by atoms with van der Waals surface area (Å²) in [4.78, 5) is 13.4. The Morgan fingerprint density at radius 3 is 3.11 bits per heavy atom. The normalized spacial score (nSPS) is 33.4. The fourth-order valence-electron chi connectivity index (χ4n) is 2.65. The number of allylic oxidation sites excluding steroid dienone is 2. The van der Waals surface area contributed by atoms with Crippen molar-refractivity contribution in [3.63, 3.8) is 0 Å². The second-order valence-electron chi connectivity index (χ2n) is 4.57. The smallest absolute Gasteiger partial charge is 0.415 e. The lowest BCUT2D eigenvalue weighted by Crippen LogP contribution is -2.63. The summed E-state index contributed by atoms with van der Waals surface area (Å²) in [6, 6.07) is 0. The minimum Gasteiger partial charge on any atom is -0.499 e. The number of carbonyl (C=O) groups excluding carboxylic acids is 1. The number of rotatable bonds is 0. The van der Waals surface area contributed by atoms with Gasteiger partial charge in [0, 0.05) is 11.5 Å². The zero-order chi connectivity index (χ0) is 13.6. The zero-order valence-electron chi connectivity index (χ0n) is 9.94. The molecule has 19 heavy (non-hydrogen) atoms. The summed E-state index contributed by atoms with van der Waals surface area (Å²) < 4.78 is 25.0. The molecule has 3 heterocycles. The first-order valence-electron chi connectivity index (χ1n) is 5.75. The number of cyclic esters (lactones) is 1. The topological polar surface area (TPSA) is 38.8 Å². The number of ether oxygens (including phenoxy) is 2. The van der Waals surface area contributed by atoms with Crippen molar-refractivity contribution >= 4 is 22.0 Å². The summed E-state index contributed by atoms with van der Waals surface area (Å²) in [6.45, 7) is 4.15. The molecular weight excluding hydrogens is 317 g/mol. The van der Waals surface area contributed by atoms with Crippen molar-refractivity contribution in [3.05, 3.63) is 47.1 Å². The molecule has 0 radical (unpaired) electrons. The largest absolute Gasteiger partial charge is 0.499 e. The number of amides is 1. The quantitative estimate of drug-likeness (QED) is 0.642. The molecule has 3 aliphatic heterocycles. The van der Waals surface area contributed by atoms with Crippen LogP contribution in [0.4, 0.5) is 9.18 Å². The molecule has 4 nitrogen and oxygen atoms in total. The lowest BCUT2D eigenvalue weighted by Gasteiger charge is -2.50. The van der Waals surface area contributed by atoms with Crippen LogP contribution in [0.5, 0.6) is 0 Å². The van der Waals surface area contributed by atoms with Gasteiger partial charge in [0.1, 0.15) is 24.6 Å². The third kappa shape index (κ3) is 1.59. The van der Waals surface area contributed by atoms with Crippen molar-refractivity contribution in [2.75, 3.05) is 13.2 Å². The van der Waals surface area contributed by atoms with Gasteiger partial charge in [-0.05, 0) is 34.2 Å². The molecule has 100 valence electrons. The summed E-state index contributed by atoms with van der Waals surface area (Å²) in [5, 5.41) is 0. The van der Waals surface area contributed by atoms with Gasteiger partial charge in [-0.3, -0.25) is 4.90 Å². The number of hydrogen-bond acceptors (Lipinski definition) is 3. The SMILES string of the molecule is C=C1C(F)=CC=C(Br)N2C(=O)OC[C@@H]3C=COC[C@@]132. The number of nitrogens with zero attached hydrogens (tertiary/aromatic N) is 1. The van der Waals surface area contributed by atoms with E-state index in [9.17, 15) is 9.18 Å². The number of hydrogen-bond donors (Lipinski definition) is 0. The molecule has 0 N–H and O–H groups in total. The van der Waals surface area contributed by atoms with Gasteiger partial charge in [0.15, 0.2) is 0 Å². The first-order valence-corrected chi connectivity index (χ1v) is 6.54. The maximum atomic E-state index is 14.1. The summed E-state index contributed by atoms with van der Waals surface area (Å²) >= 11 is 3.29. The van der Waals surface area contributed by atoms with Crippen LogP contribution < -0.4 is 0 Å². The molecule has 0 aromatic rings. The molecule has 0 aromatic carbocycles. The van der Waals surface area contributed by atoms with Gasteiger partial charge in [-0.15, -0.1) is 0 Å². The van der Waals surface area contributed by atoms with E-state index in [4.69, 9.17) is 9.47 Å². The Morgan fingerprint density at radius 2 is 2.32 bits per heavy atom. The Kier molecular flexibility index (Phi) is 2.78. The van der Waals surface area contributed by atoms with E-state index in [1.807, 2.05) is 0 Å². The third-order valence-electron chi connectivity index (χ3n) is 3.68. The van der Waals surface area contributed by atoms with Gasteiger partial charge in [0.2, 0.25) is 0 Å². The minimum absolute atomic E-state index is 0.145. The van der Waals surface area contributed by atoms with Crippen LogP contribution in [0.3, 0.4) is 0 Å². The van der Waals surface area contributed by atoms with E-state index < -0.39 is 17.5 Å². The second-order valence-corrected chi connectivity index (χ2v) is 5.38. The van der Waals surface area contributed by atoms with Gasteiger partial charge >= 0.3 is 6.09 Å². The third-order valence-corrected chi connectivity index (χ3v) is 4.30. The van der Waals surface area contributed by atoms with Gasteiger partial charge in [0.05, 0.1) is 10.9 Å². The van der Waals surface area contributed by atoms with Crippen LogP contribution in [0.25, 0.3) is 0 Å². The molecule has 3 aliphatic rings. The molecule has 0 aliphatic carbocycles. The monoisotopic (exact) mass is 327 g/mol. The van der Waals surface area contributed by atoms with Crippen LogP contribution >= 0.6 is 15.9 Å². The van der Waals surface area contributed by atoms with Gasteiger partial charge in [-0.25, -0.2) is 9.18 Å². The molecular formula is C13H11BrFNO3. The van der Waals surface area contributed by atoms with Crippen LogP contribution in [0, 0.1) is 5.92 Å². The van der Waals surface area contributed by atoms with Crippen molar-refractivity contribution in [2.45, 2.75) is 5.54 Å². The van der Waals surface area contributed by atoms with E-state index in [0.717, 1.165) is 0 Å². The molecule has 3 rings (SSSR count). The van der Waals surface area contributed by atoms with Crippen molar-refractivity contribution < 1.29 is 18.7 Å². The Labute approximate surface area is 118 Å². The lowest BCUT2D eigenvalue weighted by atomic mass is 9.75. The highest BCUT2D eigenvalue weighted by Crippen LogP contribution is 2.46. The van der Waals surface area contributed by atoms with Crippen molar-refractivity contribution in [1.29, 1.82) is 0 Å². The van der Waals surface area contributed by atoms with Gasteiger partial charge < -0.3 is 9.47 Å². The molecule has 1 amide bonds. The highest BCUT2D eigenvalue weighted by molar-refractivity contribution is 9.11. The predicted octanol–water partition coefficient (Wildman–Crippen LogP) is 3.00. The fourth-order valence-corrected chi connectivity index (χ4v) is 3.24. The molecule has 1 saturated heterocycles. The molecule has 0 bridgehead atoms. The average Bonchev–Trinajstić information content (AvgIpc) is 2.51. The summed E-state index contributed by atoms with van der Waals surface area (Å²) in [5.41, 5.74) is -0.750. The minimum atomic E-state index is -0.976. The van der Waals surface area contributed by atoms with Crippen LogP contribution in [-0.4, -0.2) is 29.7 Å². The molecule has 0 saturated carbocycles. The van der Waals surface area contributed by atoms with Crippen molar-refractivity contribution in [1.82, 2.24) is 4.90 Å². The van der Waals surface area contributed by atoms with E-state index in [1.54, 1.807) is 12.3 Å². The average molecular weight is 328 g/mol. The fraction of sp³-hybridized carbons (Fsp3) is 0.308. The highest BCUT2D eigenvalue weighted by atomic mass is 79.9. The number of carbonyl (C=O) groups is 1. The molecule has 0 aromatic heterocycles. The molecule has 6 heteroatoms. The van der Waals surface area contributed by atoms with Crippen LogP contribution in [-0.2, 0) is 9.47 Å². The second kappa shape index (κ2) is 4.23. The summed E-state index contributed by atoms with van der Waals surface area (Å²) in [7, 11) is 0. The molecule has 0 unspecified atom stereocenters. The zero-order valence-corrected chi connectivity index (χ0v) is 11.5. The van der Waals surface area contributed by atoms with Gasteiger partial charge in [-0.2, -0.15) is 0 Å². The first-order chi connectivity index (χ1) is 9.07. The van der Waals surface area contributed by atoms with Crippen molar-refractivity contribution in [2.24, 2.45) is 5.92 Å². The van der Waals surface area contributed by atoms with E-state index in [1.165, 1.54) is 17.1 Å². The molecule has 1 spiro atoms.